The van der Waals surface area contributed by atoms with Gasteiger partial charge in [-0.05, 0) is 36.4 Å². The van der Waals surface area contributed by atoms with Crippen LogP contribution < -0.4 is 5.73 Å². The fourth-order valence-electron chi connectivity index (χ4n) is 1.72. The van der Waals surface area contributed by atoms with Gasteiger partial charge >= 0.3 is 0 Å². The second-order valence-electron chi connectivity index (χ2n) is 3.87. The quantitative estimate of drug-likeness (QED) is 0.652. The minimum Gasteiger partial charge on any atom is -0.399 e. The molecule has 0 fully saturated rings. The summed E-state index contributed by atoms with van der Waals surface area (Å²) in [5.41, 5.74) is 8.26. The lowest BCUT2D eigenvalue weighted by Crippen LogP contribution is -1.81. The van der Waals surface area contributed by atoms with Gasteiger partial charge in [-0.1, -0.05) is 23.2 Å². The number of nitrogen functional groups attached to an aromatic ring is 1. The Morgan fingerprint density at radius 1 is 1.06 bits per heavy atom. The Hall–Kier alpha value is -1.29. The average Bonchev–Trinajstić information content (AvgIpc) is 2.74. The van der Waals surface area contributed by atoms with Gasteiger partial charge in [0, 0.05) is 16.3 Å². The predicted octanol–water partition coefficient (Wildman–Crippen LogP) is 4.85. The number of aromatic nitrogens is 1. The number of rotatable bonds is 1. The number of fused-ring (bicyclic) bond motifs is 1. The molecule has 0 aliphatic carbocycles. The average molecular weight is 295 g/mol. The minimum absolute atomic E-state index is 0.645. The normalized spacial score (nSPS) is 11.0. The summed E-state index contributed by atoms with van der Waals surface area (Å²) in [6.07, 6.45) is 0. The molecular formula is C13H8Cl2N2S. The van der Waals surface area contributed by atoms with Gasteiger partial charge in [0.25, 0.3) is 0 Å². The maximum absolute atomic E-state index is 6.17. The molecule has 90 valence electrons. The van der Waals surface area contributed by atoms with Crippen LogP contribution in [0.25, 0.3) is 20.8 Å². The summed E-state index contributed by atoms with van der Waals surface area (Å²) in [5, 5.41) is 2.14. The molecule has 0 spiro atoms. The zero-order chi connectivity index (χ0) is 12.7. The standard InChI is InChI=1S/C13H8Cl2N2S/c14-7-1-3-10(15)9(5-7)13-17-11-4-2-8(16)6-12(11)18-13/h1-6H,16H2. The van der Waals surface area contributed by atoms with E-state index in [0.717, 1.165) is 26.5 Å². The Morgan fingerprint density at radius 3 is 2.72 bits per heavy atom. The predicted molar refractivity (Wildman–Crippen MR) is 79.5 cm³/mol. The summed E-state index contributed by atoms with van der Waals surface area (Å²) in [6.45, 7) is 0. The van der Waals surface area contributed by atoms with Gasteiger partial charge in [0.2, 0.25) is 0 Å². The van der Waals surface area contributed by atoms with Crippen LogP contribution >= 0.6 is 34.5 Å². The summed E-state index contributed by atoms with van der Waals surface area (Å²) in [5.74, 6) is 0. The Balaban J connectivity index is 2.22. The Morgan fingerprint density at radius 2 is 1.89 bits per heavy atom. The van der Waals surface area contributed by atoms with Gasteiger partial charge in [0.1, 0.15) is 5.01 Å². The maximum Gasteiger partial charge on any atom is 0.126 e. The number of halogens is 2. The van der Waals surface area contributed by atoms with Crippen LogP contribution in [0.1, 0.15) is 0 Å². The van der Waals surface area contributed by atoms with E-state index in [1.54, 1.807) is 23.5 Å². The first-order valence-corrected chi connectivity index (χ1v) is 6.82. The van der Waals surface area contributed by atoms with E-state index in [-0.39, 0.29) is 0 Å². The molecular weight excluding hydrogens is 287 g/mol. The van der Waals surface area contributed by atoms with Gasteiger partial charge < -0.3 is 5.73 Å². The number of hydrogen-bond acceptors (Lipinski definition) is 3. The molecule has 0 saturated heterocycles. The Kier molecular flexibility index (Phi) is 2.90. The molecule has 0 amide bonds. The zero-order valence-electron chi connectivity index (χ0n) is 9.15. The zero-order valence-corrected chi connectivity index (χ0v) is 11.5. The third-order valence-electron chi connectivity index (χ3n) is 2.57. The van der Waals surface area contributed by atoms with Crippen molar-refractivity contribution in [2.75, 3.05) is 5.73 Å². The maximum atomic E-state index is 6.17. The van der Waals surface area contributed by atoms with E-state index in [2.05, 4.69) is 4.98 Å². The lowest BCUT2D eigenvalue weighted by atomic mass is 10.2. The molecule has 3 aromatic rings. The molecule has 2 N–H and O–H groups in total. The molecule has 0 bridgehead atoms. The van der Waals surface area contributed by atoms with Crippen LogP contribution in [0.3, 0.4) is 0 Å². The van der Waals surface area contributed by atoms with Crippen molar-refractivity contribution in [3.8, 4) is 10.6 Å². The van der Waals surface area contributed by atoms with Gasteiger partial charge in [0.15, 0.2) is 0 Å². The van der Waals surface area contributed by atoms with Crippen molar-refractivity contribution >= 4 is 50.4 Å². The summed E-state index contributed by atoms with van der Waals surface area (Å²) in [4.78, 5) is 4.55. The summed E-state index contributed by atoms with van der Waals surface area (Å²) in [7, 11) is 0. The van der Waals surface area contributed by atoms with Crippen molar-refractivity contribution in [3.63, 3.8) is 0 Å². The molecule has 0 aliphatic rings. The molecule has 1 aromatic heterocycles. The van der Waals surface area contributed by atoms with Crippen LogP contribution in [-0.4, -0.2) is 4.98 Å². The van der Waals surface area contributed by atoms with E-state index >= 15 is 0 Å². The number of hydrogen-bond donors (Lipinski definition) is 1. The van der Waals surface area contributed by atoms with Gasteiger partial charge in [-0.3, -0.25) is 0 Å². The molecule has 0 saturated carbocycles. The lowest BCUT2D eigenvalue weighted by Gasteiger charge is -2.00. The molecule has 1 heterocycles. The second-order valence-corrected chi connectivity index (χ2v) is 5.74. The lowest BCUT2D eigenvalue weighted by molar-refractivity contribution is 1.48. The first-order chi connectivity index (χ1) is 8.63. The first kappa shape index (κ1) is 11.8. The molecule has 5 heteroatoms. The van der Waals surface area contributed by atoms with Crippen molar-refractivity contribution in [3.05, 3.63) is 46.4 Å². The van der Waals surface area contributed by atoms with Crippen molar-refractivity contribution in [1.82, 2.24) is 4.98 Å². The molecule has 0 unspecified atom stereocenters. The number of nitrogens with two attached hydrogens (primary N) is 1. The van der Waals surface area contributed by atoms with Crippen molar-refractivity contribution in [2.24, 2.45) is 0 Å². The number of anilines is 1. The van der Waals surface area contributed by atoms with Crippen LogP contribution in [-0.2, 0) is 0 Å². The highest BCUT2D eigenvalue weighted by atomic mass is 35.5. The van der Waals surface area contributed by atoms with E-state index in [9.17, 15) is 0 Å². The van der Waals surface area contributed by atoms with Crippen LogP contribution in [0.4, 0.5) is 5.69 Å². The van der Waals surface area contributed by atoms with Crippen molar-refractivity contribution in [2.45, 2.75) is 0 Å². The van der Waals surface area contributed by atoms with Crippen LogP contribution in [0.15, 0.2) is 36.4 Å². The van der Waals surface area contributed by atoms with Gasteiger partial charge in [-0.2, -0.15) is 0 Å². The third kappa shape index (κ3) is 2.05. The smallest absolute Gasteiger partial charge is 0.126 e. The molecule has 3 rings (SSSR count). The van der Waals surface area contributed by atoms with Gasteiger partial charge in [-0.25, -0.2) is 4.98 Å². The highest BCUT2D eigenvalue weighted by molar-refractivity contribution is 7.21. The van der Waals surface area contributed by atoms with E-state index < -0.39 is 0 Å². The number of thiazole rings is 1. The SMILES string of the molecule is Nc1ccc2nc(-c3cc(Cl)ccc3Cl)sc2c1. The van der Waals surface area contributed by atoms with E-state index in [1.807, 2.05) is 24.3 Å². The molecule has 2 aromatic carbocycles. The fraction of sp³-hybridized carbons (Fsp3) is 0. The highest BCUT2D eigenvalue weighted by Crippen LogP contribution is 2.36. The van der Waals surface area contributed by atoms with Crippen LogP contribution in [0.2, 0.25) is 10.0 Å². The van der Waals surface area contributed by atoms with Crippen LogP contribution in [0.5, 0.6) is 0 Å². The van der Waals surface area contributed by atoms with Crippen molar-refractivity contribution in [1.29, 1.82) is 0 Å². The summed E-state index contributed by atoms with van der Waals surface area (Å²) in [6, 6.07) is 11.0. The number of benzene rings is 2. The number of nitrogens with zero attached hydrogens (tertiary/aromatic N) is 1. The monoisotopic (exact) mass is 294 g/mol. The Bertz CT molecular complexity index is 737. The Labute approximate surface area is 118 Å². The third-order valence-corrected chi connectivity index (χ3v) is 4.19. The molecule has 0 aliphatic heterocycles. The summed E-state index contributed by atoms with van der Waals surface area (Å²) >= 11 is 13.7. The minimum atomic E-state index is 0.645. The largest absolute Gasteiger partial charge is 0.399 e. The van der Waals surface area contributed by atoms with Crippen LogP contribution in [0, 0.1) is 0 Å². The molecule has 2 nitrogen and oxygen atoms in total. The second kappa shape index (κ2) is 4.43. The van der Waals surface area contributed by atoms with Gasteiger partial charge in [-0.15, -0.1) is 11.3 Å². The van der Waals surface area contributed by atoms with E-state index in [4.69, 9.17) is 28.9 Å². The summed E-state index contributed by atoms with van der Waals surface area (Å²) < 4.78 is 1.04. The van der Waals surface area contributed by atoms with E-state index in [0.29, 0.717) is 10.0 Å². The molecule has 0 radical (unpaired) electrons. The molecule has 18 heavy (non-hydrogen) atoms. The first-order valence-electron chi connectivity index (χ1n) is 5.25. The topological polar surface area (TPSA) is 38.9 Å². The highest BCUT2D eigenvalue weighted by Gasteiger charge is 2.10. The molecule has 0 atom stereocenters. The fourth-order valence-corrected chi connectivity index (χ4v) is 3.20. The van der Waals surface area contributed by atoms with Crippen molar-refractivity contribution < 1.29 is 0 Å². The van der Waals surface area contributed by atoms with Gasteiger partial charge in [0.05, 0.1) is 15.2 Å². The van der Waals surface area contributed by atoms with E-state index in [1.165, 1.54) is 0 Å².